The fraction of sp³-hybridized carbons (Fsp3) is 0.333. The fourth-order valence-corrected chi connectivity index (χ4v) is 2.93. The van der Waals surface area contributed by atoms with Gasteiger partial charge in [-0.1, -0.05) is 0 Å². The van der Waals surface area contributed by atoms with Crippen LogP contribution in [0.5, 0.6) is 0 Å². The number of aromatic nitrogens is 2. The Morgan fingerprint density at radius 1 is 1.15 bits per heavy atom. The average molecular weight is 376 g/mol. The molecule has 2 amide bonds. The number of hydrogen-bond acceptors (Lipinski definition) is 5. The summed E-state index contributed by atoms with van der Waals surface area (Å²) in [6.07, 6.45) is 3.51. The van der Waals surface area contributed by atoms with Crippen molar-refractivity contribution in [1.82, 2.24) is 14.9 Å². The molecule has 1 aliphatic rings. The van der Waals surface area contributed by atoms with Gasteiger partial charge in [-0.3, -0.25) is 14.6 Å². The molecule has 7 nitrogen and oxygen atoms in total. The Hall–Kier alpha value is -2.94. The van der Waals surface area contributed by atoms with E-state index in [9.17, 15) is 18.4 Å². The maximum Gasteiger partial charge on any atom is 0.275 e. The minimum atomic E-state index is -0.998. The van der Waals surface area contributed by atoms with Gasteiger partial charge in [0.2, 0.25) is 0 Å². The monoisotopic (exact) mass is 376 g/mol. The summed E-state index contributed by atoms with van der Waals surface area (Å²) in [6, 6.07) is 1.57. The summed E-state index contributed by atoms with van der Waals surface area (Å²) in [7, 11) is 0. The van der Waals surface area contributed by atoms with Crippen LogP contribution in [0.1, 0.15) is 34.7 Å². The Labute approximate surface area is 154 Å². The normalized spacial score (nSPS) is 19.6. The zero-order valence-corrected chi connectivity index (χ0v) is 14.8. The van der Waals surface area contributed by atoms with Crippen LogP contribution in [0.25, 0.3) is 0 Å². The Kier molecular flexibility index (Phi) is 5.41. The van der Waals surface area contributed by atoms with E-state index in [1.165, 1.54) is 23.5 Å². The van der Waals surface area contributed by atoms with Crippen LogP contribution in [0.3, 0.4) is 0 Å². The number of carbonyl (C=O) groups is 2. The lowest BCUT2D eigenvalue weighted by molar-refractivity contribution is -0.0587. The molecule has 2 aromatic rings. The van der Waals surface area contributed by atoms with Gasteiger partial charge in [0.1, 0.15) is 17.3 Å². The lowest BCUT2D eigenvalue weighted by Gasteiger charge is -2.35. The molecule has 1 fully saturated rings. The van der Waals surface area contributed by atoms with E-state index in [-0.39, 0.29) is 29.2 Å². The molecule has 0 spiro atoms. The molecule has 27 heavy (non-hydrogen) atoms. The molecule has 3 rings (SSSR count). The van der Waals surface area contributed by atoms with Crippen molar-refractivity contribution in [3.05, 3.63) is 53.6 Å². The molecule has 2 heterocycles. The summed E-state index contributed by atoms with van der Waals surface area (Å²) < 4.78 is 33.9. The number of rotatable bonds is 3. The summed E-state index contributed by atoms with van der Waals surface area (Å²) >= 11 is 0. The second-order valence-corrected chi connectivity index (χ2v) is 6.32. The standard InChI is InChI=1S/C18H18F2N4O3/c1-10-8-24(9-11(2)27-10)18(26)12-5-15(14(20)6-13(12)19)23-17(25)16-7-21-3-4-22-16/h3-7,10-11H,8-9H2,1-2H3,(H,23,25)/t10-,11+. The van der Waals surface area contributed by atoms with Crippen molar-refractivity contribution in [3.8, 4) is 0 Å². The molecule has 1 aliphatic heterocycles. The summed E-state index contributed by atoms with van der Waals surface area (Å²) in [5, 5.41) is 2.29. The number of benzene rings is 1. The van der Waals surface area contributed by atoms with E-state index in [4.69, 9.17) is 4.74 Å². The third-order valence-electron chi connectivity index (χ3n) is 4.04. The van der Waals surface area contributed by atoms with Crippen LogP contribution >= 0.6 is 0 Å². The van der Waals surface area contributed by atoms with Gasteiger partial charge in [-0.15, -0.1) is 0 Å². The zero-order valence-electron chi connectivity index (χ0n) is 14.8. The molecule has 2 atom stereocenters. The Morgan fingerprint density at radius 2 is 1.85 bits per heavy atom. The minimum absolute atomic E-state index is 0.0371. The minimum Gasteiger partial charge on any atom is -0.372 e. The highest BCUT2D eigenvalue weighted by atomic mass is 19.1. The Bertz CT molecular complexity index is 853. The van der Waals surface area contributed by atoms with E-state index in [0.717, 1.165) is 6.07 Å². The predicted molar refractivity (Wildman–Crippen MR) is 92.3 cm³/mol. The number of halogens is 2. The molecular formula is C18H18F2N4O3. The van der Waals surface area contributed by atoms with Crippen LogP contribution in [0.15, 0.2) is 30.7 Å². The van der Waals surface area contributed by atoms with Crippen LogP contribution in [-0.2, 0) is 4.74 Å². The molecule has 0 radical (unpaired) electrons. The van der Waals surface area contributed by atoms with Gasteiger partial charge in [-0.05, 0) is 19.9 Å². The molecule has 0 unspecified atom stereocenters. The largest absolute Gasteiger partial charge is 0.372 e. The van der Waals surface area contributed by atoms with Crippen LogP contribution < -0.4 is 5.32 Å². The van der Waals surface area contributed by atoms with Gasteiger partial charge in [-0.25, -0.2) is 13.8 Å². The van der Waals surface area contributed by atoms with Gasteiger partial charge in [0, 0.05) is 31.5 Å². The van der Waals surface area contributed by atoms with Crippen LogP contribution in [0.2, 0.25) is 0 Å². The van der Waals surface area contributed by atoms with E-state index in [1.807, 2.05) is 13.8 Å². The molecule has 1 aromatic carbocycles. The van der Waals surface area contributed by atoms with E-state index in [0.29, 0.717) is 19.2 Å². The summed E-state index contributed by atoms with van der Waals surface area (Å²) in [4.78, 5) is 33.9. The molecule has 0 saturated carbocycles. The summed E-state index contributed by atoms with van der Waals surface area (Å²) in [6.45, 7) is 4.20. The number of carbonyl (C=O) groups excluding carboxylic acids is 2. The number of amides is 2. The maximum atomic E-state index is 14.2. The van der Waals surface area contributed by atoms with Crippen molar-refractivity contribution in [1.29, 1.82) is 0 Å². The van der Waals surface area contributed by atoms with Crippen molar-refractivity contribution < 1.29 is 23.1 Å². The van der Waals surface area contributed by atoms with Gasteiger partial charge in [-0.2, -0.15) is 0 Å². The first-order valence-corrected chi connectivity index (χ1v) is 8.36. The second-order valence-electron chi connectivity index (χ2n) is 6.32. The van der Waals surface area contributed by atoms with Crippen molar-refractivity contribution in [2.45, 2.75) is 26.1 Å². The highest BCUT2D eigenvalue weighted by Gasteiger charge is 2.29. The predicted octanol–water partition coefficient (Wildman–Crippen LogP) is 2.26. The molecule has 9 heteroatoms. The molecule has 142 valence electrons. The first-order chi connectivity index (χ1) is 12.8. The third kappa shape index (κ3) is 4.25. The smallest absolute Gasteiger partial charge is 0.275 e. The van der Waals surface area contributed by atoms with E-state index in [2.05, 4.69) is 15.3 Å². The van der Waals surface area contributed by atoms with E-state index >= 15 is 0 Å². The van der Waals surface area contributed by atoms with E-state index in [1.54, 1.807) is 0 Å². The summed E-state index contributed by atoms with van der Waals surface area (Å²) in [5.41, 5.74) is -0.679. The molecule has 0 bridgehead atoms. The van der Waals surface area contributed by atoms with Crippen molar-refractivity contribution in [2.75, 3.05) is 18.4 Å². The molecule has 0 aliphatic carbocycles. The number of morpholine rings is 1. The lowest BCUT2D eigenvalue weighted by Crippen LogP contribution is -2.48. The molecule has 1 saturated heterocycles. The number of hydrogen-bond donors (Lipinski definition) is 1. The molecule has 1 aromatic heterocycles. The van der Waals surface area contributed by atoms with Gasteiger partial charge in [0.15, 0.2) is 0 Å². The number of nitrogens with zero attached hydrogens (tertiary/aromatic N) is 3. The average Bonchev–Trinajstić information content (AvgIpc) is 2.63. The van der Waals surface area contributed by atoms with Crippen LogP contribution in [0, 0.1) is 11.6 Å². The summed E-state index contributed by atoms with van der Waals surface area (Å²) in [5.74, 6) is -3.31. The van der Waals surface area contributed by atoms with Crippen molar-refractivity contribution in [3.63, 3.8) is 0 Å². The number of anilines is 1. The first kappa shape index (κ1) is 18.8. The third-order valence-corrected chi connectivity index (χ3v) is 4.04. The van der Waals surface area contributed by atoms with Crippen molar-refractivity contribution >= 4 is 17.5 Å². The Morgan fingerprint density at radius 3 is 2.48 bits per heavy atom. The topological polar surface area (TPSA) is 84.4 Å². The van der Waals surface area contributed by atoms with E-state index < -0.39 is 23.4 Å². The van der Waals surface area contributed by atoms with Gasteiger partial charge in [0.25, 0.3) is 11.8 Å². The Balaban J connectivity index is 1.85. The fourth-order valence-electron chi connectivity index (χ4n) is 2.93. The first-order valence-electron chi connectivity index (χ1n) is 8.36. The molecular weight excluding hydrogens is 358 g/mol. The van der Waals surface area contributed by atoms with Crippen LogP contribution in [0.4, 0.5) is 14.5 Å². The zero-order chi connectivity index (χ0) is 19.6. The quantitative estimate of drug-likeness (QED) is 0.888. The van der Waals surface area contributed by atoms with Crippen LogP contribution in [-0.4, -0.2) is 52.0 Å². The van der Waals surface area contributed by atoms with Gasteiger partial charge < -0.3 is 15.0 Å². The second kappa shape index (κ2) is 7.75. The number of ether oxygens (including phenoxy) is 1. The molecule has 1 N–H and O–H groups in total. The van der Waals surface area contributed by atoms with Gasteiger partial charge in [0.05, 0.1) is 29.7 Å². The van der Waals surface area contributed by atoms with Gasteiger partial charge >= 0.3 is 0 Å². The highest BCUT2D eigenvalue weighted by molar-refractivity contribution is 6.03. The number of nitrogens with one attached hydrogen (secondary N) is 1. The SMILES string of the molecule is C[C@@H]1CN(C(=O)c2cc(NC(=O)c3cnccn3)c(F)cc2F)C[C@H](C)O1. The maximum absolute atomic E-state index is 14.2. The lowest BCUT2D eigenvalue weighted by atomic mass is 10.1. The highest BCUT2D eigenvalue weighted by Crippen LogP contribution is 2.23. The van der Waals surface area contributed by atoms with Crippen molar-refractivity contribution in [2.24, 2.45) is 0 Å².